The fraction of sp³-hybridized carbons (Fsp3) is 0.300. The van der Waals surface area contributed by atoms with Crippen LogP contribution in [-0.4, -0.2) is 9.97 Å². The van der Waals surface area contributed by atoms with Crippen LogP contribution in [0.4, 0.5) is 4.39 Å². The third kappa shape index (κ3) is 1.41. The average molecular weight is 178 g/mol. The molecule has 68 valence electrons. The third-order valence-corrected chi connectivity index (χ3v) is 2.08. The molecule has 0 saturated carbocycles. The highest BCUT2D eigenvalue weighted by molar-refractivity contribution is 5.76. The summed E-state index contributed by atoms with van der Waals surface area (Å²) in [5.41, 5.74) is 1.85. The molecule has 2 aromatic rings. The van der Waals surface area contributed by atoms with E-state index in [0.29, 0.717) is 5.92 Å². The van der Waals surface area contributed by atoms with E-state index in [-0.39, 0.29) is 5.82 Å². The van der Waals surface area contributed by atoms with Gasteiger partial charge >= 0.3 is 0 Å². The van der Waals surface area contributed by atoms with Gasteiger partial charge in [0, 0.05) is 11.1 Å². The minimum absolute atomic E-state index is 0.290. The van der Waals surface area contributed by atoms with Crippen LogP contribution in [0.5, 0.6) is 0 Å². The molecule has 1 N–H and O–H groups in total. The monoisotopic (exact) mass is 178 g/mol. The van der Waals surface area contributed by atoms with E-state index < -0.39 is 0 Å². The molecule has 0 radical (unpaired) electrons. The highest BCUT2D eigenvalue weighted by atomic mass is 19.1. The Morgan fingerprint density at radius 1 is 1.38 bits per heavy atom. The number of rotatable bonds is 1. The van der Waals surface area contributed by atoms with E-state index in [1.807, 2.05) is 6.07 Å². The first-order chi connectivity index (χ1) is 6.16. The summed E-state index contributed by atoms with van der Waals surface area (Å²) in [7, 11) is 0. The van der Waals surface area contributed by atoms with Crippen LogP contribution in [-0.2, 0) is 0 Å². The van der Waals surface area contributed by atoms with E-state index >= 15 is 0 Å². The quantitative estimate of drug-likeness (QED) is 0.714. The molecule has 0 unspecified atom stereocenters. The van der Waals surface area contributed by atoms with Crippen LogP contribution in [0, 0.1) is 5.82 Å². The van der Waals surface area contributed by atoms with Crippen molar-refractivity contribution in [2.75, 3.05) is 0 Å². The zero-order valence-electron chi connectivity index (χ0n) is 7.63. The van der Waals surface area contributed by atoms with Crippen molar-refractivity contribution in [3.8, 4) is 0 Å². The number of hydrogen-bond donors (Lipinski definition) is 1. The number of fused-ring (bicyclic) bond motifs is 1. The predicted octanol–water partition coefficient (Wildman–Crippen LogP) is 2.83. The van der Waals surface area contributed by atoms with E-state index in [4.69, 9.17) is 0 Å². The van der Waals surface area contributed by atoms with Gasteiger partial charge in [0.15, 0.2) is 0 Å². The Kier molecular flexibility index (Phi) is 1.79. The molecule has 2 rings (SSSR count). The molecule has 0 fully saturated rings. The van der Waals surface area contributed by atoms with Crippen molar-refractivity contribution in [2.24, 2.45) is 0 Å². The summed E-state index contributed by atoms with van der Waals surface area (Å²) < 4.78 is 12.8. The molecule has 0 aliphatic rings. The second kappa shape index (κ2) is 2.83. The minimum Gasteiger partial charge on any atom is -0.343 e. The molecule has 0 bridgehead atoms. The average Bonchev–Trinajstić information content (AvgIpc) is 2.46. The number of pyridine rings is 1. The lowest BCUT2D eigenvalue weighted by atomic mass is 10.1. The normalized spacial score (nSPS) is 11.4. The Bertz CT molecular complexity index is 431. The molecule has 0 spiro atoms. The molecule has 0 aliphatic heterocycles. The maximum atomic E-state index is 12.8. The number of hydrogen-bond acceptors (Lipinski definition) is 1. The second-order valence-corrected chi connectivity index (χ2v) is 3.47. The maximum Gasteiger partial charge on any atom is 0.142 e. The molecule has 0 atom stereocenters. The first-order valence-electron chi connectivity index (χ1n) is 4.31. The summed E-state index contributed by atoms with van der Waals surface area (Å²) in [6, 6.07) is 3.43. The van der Waals surface area contributed by atoms with Crippen LogP contribution >= 0.6 is 0 Å². The van der Waals surface area contributed by atoms with Gasteiger partial charge < -0.3 is 4.98 Å². The molecule has 0 aliphatic carbocycles. The van der Waals surface area contributed by atoms with Crippen LogP contribution in [0.1, 0.15) is 25.5 Å². The lowest BCUT2D eigenvalue weighted by molar-refractivity contribution is 0.624. The van der Waals surface area contributed by atoms with Crippen molar-refractivity contribution >= 4 is 11.0 Å². The van der Waals surface area contributed by atoms with Gasteiger partial charge in [-0.05, 0) is 18.1 Å². The summed E-state index contributed by atoms with van der Waals surface area (Å²) in [6.45, 7) is 4.17. The molecule has 0 amide bonds. The lowest BCUT2D eigenvalue weighted by Gasteiger charge is -1.97. The molecule has 0 aromatic carbocycles. The molecule has 13 heavy (non-hydrogen) atoms. The van der Waals surface area contributed by atoms with Gasteiger partial charge in [0.05, 0.1) is 6.20 Å². The van der Waals surface area contributed by atoms with Gasteiger partial charge in [-0.15, -0.1) is 0 Å². The van der Waals surface area contributed by atoms with E-state index in [1.165, 1.54) is 12.3 Å². The van der Waals surface area contributed by atoms with Crippen LogP contribution in [0.25, 0.3) is 11.0 Å². The standard InChI is InChI=1S/C10H11FN2/c1-6(2)9-4-7-3-8(11)5-12-10(7)13-9/h3-6H,1-2H3,(H,12,13). The zero-order valence-corrected chi connectivity index (χ0v) is 7.63. The van der Waals surface area contributed by atoms with Gasteiger partial charge in [-0.25, -0.2) is 9.37 Å². The van der Waals surface area contributed by atoms with Crippen LogP contribution < -0.4 is 0 Å². The number of aromatic amines is 1. The summed E-state index contributed by atoms with van der Waals surface area (Å²) in [4.78, 5) is 7.10. The maximum absolute atomic E-state index is 12.8. The minimum atomic E-state index is -0.290. The number of nitrogens with one attached hydrogen (secondary N) is 1. The van der Waals surface area contributed by atoms with Crippen LogP contribution in [0.2, 0.25) is 0 Å². The Morgan fingerprint density at radius 3 is 2.85 bits per heavy atom. The SMILES string of the molecule is CC(C)c1cc2cc(F)cnc2[nH]1. The Balaban J connectivity index is 2.62. The van der Waals surface area contributed by atoms with Crippen molar-refractivity contribution in [1.29, 1.82) is 0 Å². The summed E-state index contributed by atoms with van der Waals surface area (Å²) >= 11 is 0. The van der Waals surface area contributed by atoms with E-state index in [0.717, 1.165) is 16.7 Å². The predicted molar refractivity (Wildman–Crippen MR) is 50.1 cm³/mol. The molecule has 2 aromatic heterocycles. The molecule has 3 heteroatoms. The first kappa shape index (κ1) is 8.23. The van der Waals surface area contributed by atoms with Gasteiger partial charge in [0.2, 0.25) is 0 Å². The number of H-pyrrole nitrogens is 1. The second-order valence-electron chi connectivity index (χ2n) is 3.47. The highest BCUT2D eigenvalue weighted by Crippen LogP contribution is 2.19. The van der Waals surface area contributed by atoms with Gasteiger partial charge in [-0.2, -0.15) is 0 Å². The Morgan fingerprint density at radius 2 is 2.15 bits per heavy atom. The lowest BCUT2D eigenvalue weighted by Crippen LogP contribution is -1.85. The number of halogens is 1. The highest BCUT2D eigenvalue weighted by Gasteiger charge is 2.05. The van der Waals surface area contributed by atoms with Gasteiger partial charge in [0.1, 0.15) is 11.5 Å². The van der Waals surface area contributed by atoms with Crippen molar-refractivity contribution in [3.63, 3.8) is 0 Å². The van der Waals surface area contributed by atoms with Gasteiger partial charge in [0.25, 0.3) is 0 Å². The smallest absolute Gasteiger partial charge is 0.142 e. The summed E-state index contributed by atoms with van der Waals surface area (Å²) in [6.07, 6.45) is 1.23. The van der Waals surface area contributed by atoms with E-state index in [9.17, 15) is 4.39 Å². The van der Waals surface area contributed by atoms with E-state index in [2.05, 4.69) is 23.8 Å². The Hall–Kier alpha value is -1.38. The van der Waals surface area contributed by atoms with Crippen molar-refractivity contribution in [3.05, 3.63) is 29.8 Å². The molecule has 0 saturated heterocycles. The molecular weight excluding hydrogens is 167 g/mol. The van der Waals surface area contributed by atoms with Crippen molar-refractivity contribution in [1.82, 2.24) is 9.97 Å². The molecule has 2 heterocycles. The first-order valence-corrected chi connectivity index (χ1v) is 4.31. The molecule has 2 nitrogen and oxygen atoms in total. The van der Waals surface area contributed by atoms with Gasteiger partial charge in [-0.1, -0.05) is 13.8 Å². The third-order valence-electron chi connectivity index (χ3n) is 2.08. The Labute approximate surface area is 75.8 Å². The zero-order chi connectivity index (χ0) is 9.42. The fourth-order valence-electron chi connectivity index (χ4n) is 1.32. The largest absolute Gasteiger partial charge is 0.343 e. The number of nitrogens with zero attached hydrogens (tertiary/aromatic N) is 1. The van der Waals surface area contributed by atoms with E-state index in [1.54, 1.807) is 0 Å². The number of aromatic nitrogens is 2. The van der Waals surface area contributed by atoms with Gasteiger partial charge in [-0.3, -0.25) is 0 Å². The van der Waals surface area contributed by atoms with Crippen LogP contribution in [0.15, 0.2) is 18.3 Å². The van der Waals surface area contributed by atoms with Crippen molar-refractivity contribution < 1.29 is 4.39 Å². The summed E-state index contributed by atoms with van der Waals surface area (Å²) in [5, 5.41) is 0.837. The fourth-order valence-corrected chi connectivity index (χ4v) is 1.32. The molecular formula is C10H11FN2. The van der Waals surface area contributed by atoms with Crippen molar-refractivity contribution in [2.45, 2.75) is 19.8 Å². The topological polar surface area (TPSA) is 28.7 Å². The summed E-state index contributed by atoms with van der Waals surface area (Å²) in [5.74, 6) is 0.124. The van der Waals surface area contributed by atoms with Crippen LogP contribution in [0.3, 0.4) is 0 Å².